The summed E-state index contributed by atoms with van der Waals surface area (Å²) in [7, 11) is 1.32. The van der Waals surface area contributed by atoms with Crippen molar-refractivity contribution in [3.8, 4) is 11.5 Å². The quantitative estimate of drug-likeness (QED) is 0.585. The molecule has 0 saturated carbocycles. The van der Waals surface area contributed by atoms with E-state index in [1.54, 1.807) is 14.2 Å². The molecule has 2 rings (SSSR count). The van der Waals surface area contributed by atoms with Crippen molar-refractivity contribution in [3.63, 3.8) is 0 Å². The first kappa shape index (κ1) is 21.7. The lowest BCUT2D eigenvalue weighted by atomic mass is 10.1. The minimum atomic E-state index is -3.76. The Labute approximate surface area is 165 Å². The molecule has 1 amide bonds. The van der Waals surface area contributed by atoms with Crippen LogP contribution in [-0.4, -0.2) is 41.6 Å². The van der Waals surface area contributed by atoms with Crippen molar-refractivity contribution in [3.05, 3.63) is 48.0 Å². The molecular weight excluding hydrogens is 382 g/mol. The van der Waals surface area contributed by atoms with Crippen molar-refractivity contribution < 1.29 is 27.6 Å². The Morgan fingerprint density at radius 2 is 1.71 bits per heavy atom. The van der Waals surface area contributed by atoms with Crippen LogP contribution in [0.4, 0.5) is 5.69 Å². The number of primary sulfonamides is 1. The van der Waals surface area contributed by atoms with E-state index in [9.17, 15) is 13.2 Å². The molecule has 2 aromatic carbocycles. The third-order valence-corrected chi connectivity index (χ3v) is 5.44. The van der Waals surface area contributed by atoms with Crippen LogP contribution in [0.1, 0.15) is 12.5 Å². The number of anilines is 1. The third kappa shape index (κ3) is 5.44. The molecule has 0 aliphatic rings. The van der Waals surface area contributed by atoms with Gasteiger partial charge in [0.05, 0.1) is 26.2 Å². The first-order chi connectivity index (χ1) is 13.2. The van der Waals surface area contributed by atoms with Crippen LogP contribution >= 0.6 is 0 Å². The van der Waals surface area contributed by atoms with Crippen LogP contribution in [0.25, 0.3) is 0 Å². The summed E-state index contributed by atoms with van der Waals surface area (Å²) in [5.74, 6) is 1.11. The predicted octanol–water partition coefficient (Wildman–Crippen LogP) is 0.393. The summed E-state index contributed by atoms with van der Waals surface area (Å²) in [6.45, 7) is 2.43. The fourth-order valence-electron chi connectivity index (χ4n) is 2.67. The van der Waals surface area contributed by atoms with E-state index in [0.29, 0.717) is 23.7 Å². The van der Waals surface area contributed by atoms with Crippen molar-refractivity contribution in [2.75, 3.05) is 26.6 Å². The van der Waals surface area contributed by atoms with Gasteiger partial charge in [-0.25, -0.2) is 13.6 Å². The number of nitrogens with one attached hydrogen (secondary N) is 2. The molecular formula is C19H26N3O5S+. The number of carbonyl (C=O) groups is 1. The Bertz CT molecular complexity index is 929. The number of sulfonamides is 1. The number of amides is 1. The summed E-state index contributed by atoms with van der Waals surface area (Å²) in [6, 6.07) is 11.0. The molecule has 0 spiro atoms. The van der Waals surface area contributed by atoms with Crippen molar-refractivity contribution >= 4 is 21.6 Å². The average molecular weight is 409 g/mol. The predicted molar refractivity (Wildman–Crippen MR) is 106 cm³/mol. The SMILES string of the molecule is COc1ccc(C[NH+](C)[C@H](C)C(=O)Nc2ccc(S(N)(=O)=O)cc2)cc1OC. The molecule has 2 aromatic rings. The summed E-state index contributed by atoms with van der Waals surface area (Å²) < 4.78 is 33.1. The largest absolute Gasteiger partial charge is 0.493 e. The molecule has 152 valence electrons. The summed E-state index contributed by atoms with van der Waals surface area (Å²) in [5.41, 5.74) is 1.51. The molecule has 0 aromatic heterocycles. The molecule has 0 radical (unpaired) electrons. The van der Waals surface area contributed by atoms with Gasteiger partial charge in [0, 0.05) is 11.3 Å². The van der Waals surface area contributed by atoms with Crippen molar-refractivity contribution in [2.45, 2.75) is 24.4 Å². The van der Waals surface area contributed by atoms with E-state index in [1.807, 2.05) is 32.2 Å². The van der Waals surface area contributed by atoms with Crippen LogP contribution in [0.3, 0.4) is 0 Å². The van der Waals surface area contributed by atoms with Crippen molar-refractivity contribution in [2.24, 2.45) is 5.14 Å². The molecule has 0 saturated heterocycles. The molecule has 28 heavy (non-hydrogen) atoms. The van der Waals surface area contributed by atoms with Gasteiger partial charge in [0.25, 0.3) is 5.91 Å². The highest BCUT2D eigenvalue weighted by atomic mass is 32.2. The van der Waals surface area contributed by atoms with Gasteiger partial charge in [0.2, 0.25) is 10.0 Å². The highest BCUT2D eigenvalue weighted by Crippen LogP contribution is 2.27. The second-order valence-corrected chi connectivity index (χ2v) is 8.05. The average Bonchev–Trinajstić information content (AvgIpc) is 2.66. The molecule has 8 nitrogen and oxygen atoms in total. The molecule has 0 bridgehead atoms. The van der Waals surface area contributed by atoms with Crippen molar-refractivity contribution in [1.82, 2.24) is 0 Å². The van der Waals surface area contributed by atoms with Crippen molar-refractivity contribution in [1.29, 1.82) is 0 Å². The number of hydrogen-bond acceptors (Lipinski definition) is 5. The minimum absolute atomic E-state index is 0.00487. The highest BCUT2D eigenvalue weighted by Gasteiger charge is 2.22. The molecule has 1 unspecified atom stereocenters. The second kappa shape index (κ2) is 9.05. The van der Waals surface area contributed by atoms with Gasteiger partial charge in [-0.1, -0.05) is 0 Å². The normalized spacial score (nSPS) is 13.5. The van der Waals surface area contributed by atoms with Crippen LogP contribution in [0.2, 0.25) is 0 Å². The maximum absolute atomic E-state index is 12.5. The lowest BCUT2D eigenvalue weighted by molar-refractivity contribution is -0.907. The van der Waals surface area contributed by atoms with Gasteiger partial charge < -0.3 is 19.7 Å². The Morgan fingerprint density at radius 3 is 2.25 bits per heavy atom. The van der Waals surface area contributed by atoms with Crippen LogP contribution in [-0.2, 0) is 21.4 Å². The van der Waals surface area contributed by atoms with Gasteiger partial charge in [-0.3, -0.25) is 4.79 Å². The summed E-state index contributed by atoms with van der Waals surface area (Å²) in [5, 5.41) is 7.86. The number of ether oxygens (including phenoxy) is 2. The topological polar surface area (TPSA) is 112 Å². The van der Waals surface area contributed by atoms with E-state index in [-0.39, 0.29) is 16.8 Å². The van der Waals surface area contributed by atoms with Gasteiger partial charge in [0.1, 0.15) is 6.54 Å². The van der Waals surface area contributed by atoms with Gasteiger partial charge in [-0.2, -0.15) is 0 Å². The molecule has 2 atom stereocenters. The van der Waals surface area contributed by atoms with Gasteiger partial charge >= 0.3 is 0 Å². The monoisotopic (exact) mass is 408 g/mol. The lowest BCUT2D eigenvalue weighted by Crippen LogP contribution is -3.12. The number of benzene rings is 2. The maximum atomic E-state index is 12.5. The zero-order valence-corrected chi connectivity index (χ0v) is 17.2. The number of hydrogen-bond donors (Lipinski definition) is 3. The molecule has 9 heteroatoms. The minimum Gasteiger partial charge on any atom is -0.493 e. The lowest BCUT2D eigenvalue weighted by Gasteiger charge is -2.21. The van der Waals surface area contributed by atoms with Crippen LogP contribution < -0.4 is 24.8 Å². The number of methoxy groups -OCH3 is 2. The summed E-state index contributed by atoms with van der Waals surface area (Å²) in [4.78, 5) is 13.5. The van der Waals surface area contributed by atoms with Gasteiger partial charge in [-0.15, -0.1) is 0 Å². The number of carbonyl (C=O) groups excluding carboxylic acids is 1. The Balaban J connectivity index is 2.02. The Morgan fingerprint density at radius 1 is 1.11 bits per heavy atom. The van der Waals surface area contributed by atoms with E-state index in [2.05, 4.69) is 5.32 Å². The zero-order valence-electron chi connectivity index (χ0n) is 16.4. The number of rotatable bonds is 8. The second-order valence-electron chi connectivity index (χ2n) is 6.49. The van der Waals surface area contributed by atoms with Crippen LogP contribution in [0.5, 0.6) is 11.5 Å². The van der Waals surface area contributed by atoms with Crippen LogP contribution in [0, 0.1) is 0 Å². The standard InChI is InChI=1S/C19H25N3O5S/c1-13(19(23)21-15-6-8-16(9-7-15)28(20,24)25)22(2)12-14-5-10-17(26-3)18(11-14)27-4/h5-11,13H,12H2,1-4H3,(H,21,23)(H2,20,24,25)/p+1/t13-/m1/s1. The molecule has 0 aliphatic carbocycles. The maximum Gasteiger partial charge on any atom is 0.282 e. The Kier molecular flexibility index (Phi) is 7.00. The summed E-state index contributed by atoms with van der Waals surface area (Å²) in [6.07, 6.45) is 0. The molecule has 0 aliphatic heterocycles. The third-order valence-electron chi connectivity index (χ3n) is 4.51. The van der Waals surface area contributed by atoms with E-state index in [0.717, 1.165) is 10.5 Å². The molecule has 0 heterocycles. The number of quaternary nitrogens is 1. The highest BCUT2D eigenvalue weighted by molar-refractivity contribution is 7.89. The number of nitrogens with two attached hydrogens (primary N) is 1. The smallest absolute Gasteiger partial charge is 0.282 e. The fourth-order valence-corrected chi connectivity index (χ4v) is 3.18. The van der Waals surface area contributed by atoms with E-state index >= 15 is 0 Å². The number of likely N-dealkylation sites (N-methyl/N-ethyl adjacent to an activating group) is 1. The molecule has 4 N–H and O–H groups in total. The molecule has 0 fully saturated rings. The van der Waals surface area contributed by atoms with Gasteiger partial charge in [-0.05, 0) is 49.4 Å². The Hall–Kier alpha value is -2.62. The van der Waals surface area contributed by atoms with Gasteiger partial charge in [0.15, 0.2) is 17.5 Å². The van der Waals surface area contributed by atoms with E-state index in [4.69, 9.17) is 14.6 Å². The zero-order chi connectivity index (χ0) is 20.9. The summed E-state index contributed by atoms with van der Waals surface area (Å²) >= 11 is 0. The van der Waals surface area contributed by atoms with Crippen LogP contribution in [0.15, 0.2) is 47.4 Å². The first-order valence-corrected chi connectivity index (χ1v) is 10.2. The fraction of sp³-hybridized carbons (Fsp3) is 0.316. The van der Waals surface area contributed by atoms with E-state index in [1.165, 1.54) is 24.3 Å². The van der Waals surface area contributed by atoms with E-state index < -0.39 is 10.0 Å². The first-order valence-electron chi connectivity index (χ1n) is 8.62.